The van der Waals surface area contributed by atoms with E-state index in [1.165, 1.54) is 6.92 Å². The van der Waals surface area contributed by atoms with Gasteiger partial charge in [0.25, 0.3) is 0 Å². The molecule has 0 aromatic carbocycles. The first-order valence-electron chi connectivity index (χ1n) is 5.20. The lowest BCUT2D eigenvalue weighted by Gasteiger charge is -2.00. The number of nitrogens with zero attached hydrogens (tertiary/aromatic N) is 1. The summed E-state index contributed by atoms with van der Waals surface area (Å²) in [5.74, 6) is -0.000679. The van der Waals surface area contributed by atoms with Crippen molar-refractivity contribution in [1.29, 1.82) is 0 Å². The van der Waals surface area contributed by atoms with Crippen molar-refractivity contribution in [3.63, 3.8) is 0 Å². The van der Waals surface area contributed by atoms with Gasteiger partial charge in [0.2, 0.25) is 0 Å². The molecule has 0 N–H and O–H groups in total. The quantitative estimate of drug-likeness (QED) is 0.715. The van der Waals surface area contributed by atoms with Gasteiger partial charge < -0.3 is 4.74 Å². The van der Waals surface area contributed by atoms with Crippen LogP contribution in [0.15, 0.2) is 18.2 Å². The van der Waals surface area contributed by atoms with Crippen LogP contribution in [0.25, 0.3) is 0 Å². The Kier molecular flexibility index (Phi) is 7.46. The van der Waals surface area contributed by atoms with Crippen molar-refractivity contribution in [3.05, 3.63) is 29.6 Å². The second-order valence-corrected chi connectivity index (χ2v) is 2.81. The Balaban J connectivity index is 0.000000921. The number of rotatable bonds is 4. The van der Waals surface area contributed by atoms with E-state index in [1.807, 2.05) is 26.0 Å². The SMILES string of the molecule is CC.COCCc1cccc(C(C)=O)n1. The maximum Gasteiger partial charge on any atom is 0.178 e. The van der Waals surface area contributed by atoms with Crippen LogP contribution < -0.4 is 0 Å². The second kappa shape index (κ2) is 8.12. The lowest BCUT2D eigenvalue weighted by atomic mass is 10.2. The van der Waals surface area contributed by atoms with Gasteiger partial charge in [-0.3, -0.25) is 4.79 Å². The molecule has 84 valence electrons. The second-order valence-electron chi connectivity index (χ2n) is 2.81. The van der Waals surface area contributed by atoms with E-state index in [0.29, 0.717) is 12.3 Å². The van der Waals surface area contributed by atoms with Gasteiger partial charge in [0.1, 0.15) is 5.69 Å². The molecular formula is C12H19NO2. The van der Waals surface area contributed by atoms with Crippen LogP contribution >= 0.6 is 0 Å². The van der Waals surface area contributed by atoms with Crippen molar-refractivity contribution in [2.45, 2.75) is 27.2 Å². The van der Waals surface area contributed by atoms with E-state index in [0.717, 1.165) is 12.1 Å². The summed E-state index contributed by atoms with van der Waals surface area (Å²) in [6.45, 7) is 6.15. The molecule has 0 saturated carbocycles. The van der Waals surface area contributed by atoms with Crippen LogP contribution in [0, 0.1) is 0 Å². The number of hydrogen-bond donors (Lipinski definition) is 0. The monoisotopic (exact) mass is 209 g/mol. The van der Waals surface area contributed by atoms with Crippen molar-refractivity contribution in [2.75, 3.05) is 13.7 Å². The van der Waals surface area contributed by atoms with E-state index >= 15 is 0 Å². The van der Waals surface area contributed by atoms with Gasteiger partial charge in [0.15, 0.2) is 5.78 Å². The van der Waals surface area contributed by atoms with Gasteiger partial charge in [-0.05, 0) is 12.1 Å². The molecule has 1 heterocycles. The zero-order chi connectivity index (χ0) is 11.7. The minimum atomic E-state index is -0.000679. The summed E-state index contributed by atoms with van der Waals surface area (Å²) in [5.41, 5.74) is 1.42. The Hall–Kier alpha value is -1.22. The van der Waals surface area contributed by atoms with Crippen LogP contribution in [0.5, 0.6) is 0 Å². The maximum absolute atomic E-state index is 11.0. The van der Waals surface area contributed by atoms with E-state index in [2.05, 4.69) is 4.98 Å². The standard InChI is InChI=1S/C10H13NO2.C2H6/c1-8(12)10-5-3-4-9(11-10)6-7-13-2;1-2/h3-5H,6-7H2,1-2H3;1-2H3. The topological polar surface area (TPSA) is 39.2 Å². The first-order chi connectivity index (χ1) is 7.24. The van der Waals surface area contributed by atoms with Crippen LogP contribution in [0.2, 0.25) is 0 Å². The van der Waals surface area contributed by atoms with Crippen molar-refractivity contribution >= 4 is 5.78 Å². The molecule has 0 saturated heterocycles. The highest BCUT2D eigenvalue weighted by Crippen LogP contribution is 2.01. The molecule has 0 amide bonds. The van der Waals surface area contributed by atoms with Crippen LogP contribution in [0.4, 0.5) is 0 Å². The number of Topliss-reactive ketones (excluding diaryl/α,β-unsaturated/α-hetero) is 1. The molecule has 15 heavy (non-hydrogen) atoms. The fourth-order valence-corrected chi connectivity index (χ4v) is 1.02. The normalized spacial score (nSPS) is 9.07. The van der Waals surface area contributed by atoms with Crippen molar-refractivity contribution in [2.24, 2.45) is 0 Å². The molecule has 0 bridgehead atoms. The Morgan fingerprint density at radius 3 is 2.60 bits per heavy atom. The molecule has 1 aromatic heterocycles. The van der Waals surface area contributed by atoms with Gasteiger partial charge in [0, 0.05) is 26.1 Å². The van der Waals surface area contributed by atoms with Gasteiger partial charge >= 0.3 is 0 Å². The van der Waals surface area contributed by atoms with Gasteiger partial charge in [0.05, 0.1) is 6.61 Å². The summed E-state index contributed by atoms with van der Waals surface area (Å²) < 4.78 is 4.92. The molecule has 0 aliphatic rings. The first kappa shape index (κ1) is 13.8. The molecule has 0 unspecified atom stereocenters. The van der Waals surface area contributed by atoms with E-state index < -0.39 is 0 Å². The third-order valence-electron chi connectivity index (χ3n) is 1.73. The third-order valence-corrected chi connectivity index (χ3v) is 1.73. The number of ketones is 1. The predicted octanol–water partition coefficient (Wildman–Crippen LogP) is 2.50. The molecule has 0 atom stereocenters. The van der Waals surface area contributed by atoms with Crippen molar-refractivity contribution < 1.29 is 9.53 Å². The van der Waals surface area contributed by atoms with Gasteiger partial charge in [-0.2, -0.15) is 0 Å². The molecule has 1 aromatic rings. The summed E-state index contributed by atoms with van der Waals surface area (Å²) in [7, 11) is 1.65. The summed E-state index contributed by atoms with van der Waals surface area (Å²) in [6.07, 6.45) is 0.748. The van der Waals surface area contributed by atoms with E-state index in [1.54, 1.807) is 13.2 Å². The number of carbonyl (C=O) groups excluding carboxylic acids is 1. The summed E-state index contributed by atoms with van der Waals surface area (Å²) in [5, 5.41) is 0. The highest BCUT2D eigenvalue weighted by Gasteiger charge is 2.01. The molecule has 0 aliphatic carbocycles. The van der Waals surface area contributed by atoms with Crippen molar-refractivity contribution in [3.8, 4) is 0 Å². The third kappa shape index (κ3) is 5.27. The first-order valence-corrected chi connectivity index (χ1v) is 5.20. The van der Waals surface area contributed by atoms with Gasteiger partial charge in [-0.1, -0.05) is 19.9 Å². The Morgan fingerprint density at radius 2 is 2.07 bits per heavy atom. The van der Waals surface area contributed by atoms with E-state index in [4.69, 9.17) is 4.74 Å². The number of hydrogen-bond acceptors (Lipinski definition) is 3. The van der Waals surface area contributed by atoms with E-state index in [9.17, 15) is 4.79 Å². The Morgan fingerprint density at radius 1 is 1.40 bits per heavy atom. The smallest absolute Gasteiger partial charge is 0.178 e. The van der Waals surface area contributed by atoms with Crippen LogP contribution in [-0.4, -0.2) is 24.5 Å². The van der Waals surface area contributed by atoms with Crippen LogP contribution in [0.3, 0.4) is 0 Å². The average Bonchev–Trinajstić information content (AvgIpc) is 2.29. The lowest BCUT2D eigenvalue weighted by Crippen LogP contribution is -2.02. The van der Waals surface area contributed by atoms with Gasteiger partial charge in [-0.15, -0.1) is 0 Å². The van der Waals surface area contributed by atoms with Crippen molar-refractivity contribution in [1.82, 2.24) is 4.98 Å². The van der Waals surface area contributed by atoms with Gasteiger partial charge in [-0.25, -0.2) is 4.98 Å². The molecule has 3 nitrogen and oxygen atoms in total. The summed E-state index contributed by atoms with van der Waals surface area (Å²) >= 11 is 0. The highest BCUT2D eigenvalue weighted by atomic mass is 16.5. The number of ether oxygens (including phenoxy) is 1. The molecule has 1 rings (SSSR count). The largest absolute Gasteiger partial charge is 0.384 e. The fourth-order valence-electron chi connectivity index (χ4n) is 1.02. The Labute approximate surface area is 91.5 Å². The maximum atomic E-state index is 11.0. The zero-order valence-electron chi connectivity index (χ0n) is 9.91. The molecule has 0 radical (unpaired) electrons. The Bertz CT molecular complexity index is 297. The molecular weight excluding hydrogens is 190 g/mol. The lowest BCUT2D eigenvalue weighted by molar-refractivity contribution is 0.101. The minimum Gasteiger partial charge on any atom is -0.384 e. The van der Waals surface area contributed by atoms with E-state index in [-0.39, 0.29) is 5.78 Å². The molecule has 0 aliphatic heterocycles. The minimum absolute atomic E-state index is 0.000679. The van der Waals surface area contributed by atoms with Crippen LogP contribution in [-0.2, 0) is 11.2 Å². The molecule has 0 spiro atoms. The highest BCUT2D eigenvalue weighted by molar-refractivity contribution is 5.92. The average molecular weight is 209 g/mol. The predicted molar refractivity (Wildman–Crippen MR) is 61.2 cm³/mol. The number of methoxy groups -OCH3 is 1. The molecule has 3 heteroatoms. The number of pyridine rings is 1. The molecule has 0 fully saturated rings. The zero-order valence-corrected chi connectivity index (χ0v) is 9.91. The fraction of sp³-hybridized carbons (Fsp3) is 0.500. The summed E-state index contributed by atoms with van der Waals surface area (Å²) in [4.78, 5) is 15.2. The summed E-state index contributed by atoms with van der Waals surface area (Å²) in [6, 6.07) is 5.46. The number of carbonyl (C=O) groups is 1. The van der Waals surface area contributed by atoms with Crippen LogP contribution in [0.1, 0.15) is 37.0 Å². The number of aromatic nitrogens is 1.